The second kappa shape index (κ2) is 8.75. The van der Waals surface area contributed by atoms with Gasteiger partial charge in [-0.15, -0.1) is 0 Å². The van der Waals surface area contributed by atoms with Crippen LogP contribution < -0.4 is 10.0 Å². The summed E-state index contributed by atoms with van der Waals surface area (Å²) in [5.74, 6) is -0.108. The molecule has 0 unspecified atom stereocenters. The highest BCUT2D eigenvalue weighted by Crippen LogP contribution is 2.23. The minimum absolute atomic E-state index is 0.108. The van der Waals surface area contributed by atoms with Crippen LogP contribution in [0.15, 0.2) is 29.2 Å². The Balaban J connectivity index is 2.00. The molecular formula is C17H26N2O5S. The van der Waals surface area contributed by atoms with Crippen LogP contribution >= 0.6 is 0 Å². The van der Waals surface area contributed by atoms with Crippen LogP contribution in [0.4, 0.5) is 0 Å². The van der Waals surface area contributed by atoms with Crippen LogP contribution in [0.2, 0.25) is 0 Å². The first kappa shape index (κ1) is 19.8. The van der Waals surface area contributed by atoms with Crippen molar-refractivity contribution in [2.45, 2.75) is 56.3 Å². The van der Waals surface area contributed by atoms with Crippen molar-refractivity contribution in [1.29, 1.82) is 0 Å². The number of nitrogens with one attached hydrogen (secondary N) is 2. The lowest BCUT2D eigenvalue weighted by Gasteiger charge is -2.35. The number of hydrogen-bond acceptors (Lipinski definition) is 5. The van der Waals surface area contributed by atoms with Crippen molar-refractivity contribution >= 4 is 15.9 Å². The maximum Gasteiger partial charge on any atom is 0.240 e. The molecule has 1 aromatic carbocycles. The van der Waals surface area contributed by atoms with E-state index >= 15 is 0 Å². The zero-order valence-corrected chi connectivity index (χ0v) is 15.4. The van der Waals surface area contributed by atoms with E-state index in [2.05, 4.69) is 10.0 Å². The predicted octanol–water partition coefficient (Wildman–Crippen LogP) is 0.708. The monoisotopic (exact) mass is 370 g/mol. The third-order valence-electron chi connectivity index (χ3n) is 4.22. The molecule has 0 saturated carbocycles. The van der Waals surface area contributed by atoms with E-state index in [0.717, 1.165) is 5.56 Å². The smallest absolute Gasteiger partial charge is 0.240 e. The number of benzene rings is 1. The van der Waals surface area contributed by atoms with E-state index in [1.54, 1.807) is 24.3 Å². The van der Waals surface area contributed by atoms with Gasteiger partial charge in [0.15, 0.2) is 0 Å². The average molecular weight is 370 g/mol. The Bertz CT molecular complexity index is 675. The Labute approximate surface area is 148 Å². The molecule has 3 N–H and O–H groups in total. The van der Waals surface area contributed by atoms with Crippen molar-refractivity contribution in [2.75, 3.05) is 13.2 Å². The Morgan fingerprint density at radius 3 is 2.56 bits per heavy atom. The zero-order valence-electron chi connectivity index (χ0n) is 14.6. The number of aliphatic hydroxyl groups is 1. The fraction of sp³-hybridized carbons (Fsp3) is 0.588. The van der Waals surface area contributed by atoms with E-state index in [4.69, 9.17) is 4.74 Å². The van der Waals surface area contributed by atoms with E-state index < -0.39 is 22.2 Å². The molecule has 0 spiro atoms. The van der Waals surface area contributed by atoms with Crippen molar-refractivity contribution in [3.05, 3.63) is 29.8 Å². The summed E-state index contributed by atoms with van der Waals surface area (Å²) >= 11 is 0. The molecule has 25 heavy (non-hydrogen) atoms. The van der Waals surface area contributed by atoms with Gasteiger partial charge in [-0.05, 0) is 38.8 Å². The first-order chi connectivity index (χ1) is 11.9. The fourth-order valence-corrected chi connectivity index (χ4v) is 4.18. The minimum Gasteiger partial charge on any atom is -0.394 e. The van der Waals surface area contributed by atoms with E-state index in [1.165, 1.54) is 0 Å². The standard InChI is InChI=1S/C17H26N2O5S/c1-3-18-17(21)10-13-6-9-15(16(11-20)24-13)19-25(22,23)14-7-4-12(2)5-8-14/h4-5,7-8,13,15-16,19-20H,3,6,9-11H2,1-2H3,(H,18,21)/t13-,15-,16-/m0/s1. The van der Waals surface area contributed by atoms with Crippen molar-refractivity contribution in [3.63, 3.8) is 0 Å². The molecule has 0 radical (unpaired) electrons. The molecule has 0 aromatic heterocycles. The highest BCUT2D eigenvalue weighted by molar-refractivity contribution is 7.89. The van der Waals surface area contributed by atoms with Crippen molar-refractivity contribution < 1.29 is 23.1 Å². The predicted molar refractivity (Wildman–Crippen MR) is 93.6 cm³/mol. The lowest BCUT2D eigenvalue weighted by molar-refractivity contribution is -0.130. The number of aliphatic hydroxyl groups excluding tert-OH is 1. The third-order valence-corrected chi connectivity index (χ3v) is 5.73. The summed E-state index contributed by atoms with van der Waals surface area (Å²) in [5.41, 5.74) is 0.974. The molecule has 8 heteroatoms. The summed E-state index contributed by atoms with van der Waals surface area (Å²) in [4.78, 5) is 11.8. The normalized spacial score (nSPS) is 24.0. The molecule has 7 nitrogen and oxygen atoms in total. The van der Waals surface area contributed by atoms with Gasteiger partial charge in [0.2, 0.25) is 15.9 Å². The van der Waals surface area contributed by atoms with Gasteiger partial charge in [-0.1, -0.05) is 17.7 Å². The van der Waals surface area contributed by atoms with Crippen LogP contribution in [0.1, 0.15) is 31.7 Å². The number of hydrogen-bond donors (Lipinski definition) is 3. The maximum atomic E-state index is 12.5. The number of aryl methyl sites for hydroxylation is 1. The quantitative estimate of drug-likeness (QED) is 0.656. The molecule has 0 aliphatic carbocycles. The van der Waals surface area contributed by atoms with E-state index in [0.29, 0.717) is 19.4 Å². The maximum absolute atomic E-state index is 12.5. The number of amides is 1. The average Bonchev–Trinajstić information content (AvgIpc) is 2.56. The molecule has 1 aliphatic rings. The summed E-state index contributed by atoms with van der Waals surface area (Å²) in [7, 11) is -3.69. The van der Waals surface area contributed by atoms with Crippen molar-refractivity contribution in [3.8, 4) is 0 Å². The Kier molecular flexibility index (Phi) is 6.95. The van der Waals surface area contributed by atoms with Crippen LogP contribution in [0.5, 0.6) is 0 Å². The van der Waals surface area contributed by atoms with Crippen LogP contribution in [-0.2, 0) is 19.6 Å². The van der Waals surface area contributed by atoms with Gasteiger partial charge in [0.25, 0.3) is 0 Å². The lowest BCUT2D eigenvalue weighted by atomic mass is 9.98. The van der Waals surface area contributed by atoms with Gasteiger partial charge in [0.1, 0.15) is 0 Å². The van der Waals surface area contributed by atoms with Crippen LogP contribution in [-0.4, -0.2) is 50.8 Å². The lowest BCUT2D eigenvalue weighted by Crippen LogP contribution is -2.51. The number of carbonyl (C=O) groups is 1. The molecule has 140 valence electrons. The molecule has 1 saturated heterocycles. The van der Waals surface area contributed by atoms with E-state index in [9.17, 15) is 18.3 Å². The second-order valence-electron chi connectivity index (χ2n) is 6.25. The number of sulfonamides is 1. The van der Waals surface area contributed by atoms with E-state index in [1.807, 2.05) is 13.8 Å². The van der Waals surface area contributed by atoms with Gasteiger partial charge in [0.05, 0.1) is 36.2 Å². The van der Waals surface area contributed by atoms with Gasteiger partial charge in [0, 0.05) is 6.54 Å². The third kappa shape index (κ3) is 5.50. The number of ether oxygens (including phenoxy) is 1. The minimum atomic E-state index is -3.69. The first-order valence-electron chi connectivity index (χ1n) is 8.47. The van der Waals surface area contributed by atoms with Gasteiger partial charge in [-0.2, -0.15) is 0 Å². The Morgan fingerprint density at radius 1 is 1.28 bits per heavy atom. The number of rotatable bonds is 7. The molecule has 2 rings (SSSR count). The van der Waals surface area contributed by atoms with Crippen LogP contribution in [0.3, 0.4) is 0 Å². The molecule has 1 aromatic rings. The zero-order chi connectivity index (χ0) is 18.4. The van der Waals surface area contributed by atoms with Crippen molar-refractivity contribution in [2.24, 2.45) is 0 Å². The summed E-state index contributed by atoms with van der Waals surface area (Å²) in [6.07, 6.45) is 0.272. The topological polar surface area (TPSA) is 105 Å². The number of carbonyl (C=O) groups excluding carboxylic acids is 1. The second-order valence-corrected chi connectivity index (χ2v) is 7.97. The Morgan fingerprint density at radius 2 is 1.96 bits per heavy atom. The molecule has 1 amide bonds. The van der Waals surface area contributed by atoms with Crippen LogP contribution in [0.25, 0.3) is 0 Å². The molecule has 1 heterocycles. The summed E-state index contributed by atoms with van der Waals surface area (Å²) < 4.78 is 33.4. The molecule has 3 atom stereocenters. The first-order valence-corrected chi connectivity index (χ1v) is 9.96. The molecule has 0 bridgehead atoms. The highest BCUT2D eigenvalue weighted by atomic mass is 32.2. The van der Waals surface area contributed by atoms with Crippen LogP contribution in [0, 0.1) is 6.92 Å². The highest BCUT2D eigenvalue weighted by Gasteiger charge is 2.34. The summed E-state index contributed by atoms with van der Waals surface area (Å²) in [6, 6.07) is 6.04. The fourth-order valence-electron chi connectivity index (χ4n) is 2.88. The SMILES string of the molecule is CCNC(=O)C[C@@H]1CC[C@H](NS(=O)(=O)c2ccc(C)cc2)[C@H](CO)O1. The molecule has 1 fully saturated rings. The Hall–Kier alpha value is -1.48. The van der Waals surface area contributed by atoms with E-state index in [-0.39, 0.29) is 29.9 Å². The summed E-state index contributed by atoms with van der Waals surface area (Å²) in [5, 5.41) is 12.3. The van der Waals surface area contributed by atoms with Gasteiger partial charge in [-0.25, -0.2) is 13.1 Å². The van der Waals surface area contributed by atoms with Crippen molar-refractivity contribution in [1.82, 2.24) is 10.0 Å². The van der Waals surface area contributed by atoms with Gasteiger partial charge < -0.3 is 15.2 Å². The largest absolute Gasteiger partial charge is 0.394 e. The molecular weight excluding hydrogens is 344 g/mol. The van der Waals surface area contributed by atoms with Gasteiger partial charge in [-0.3, -0.25) is 4.79 Å². The van der Waals surface area contributed by atoms with Gasteiger partial charge >= 0.3 is 0 Å². The summed E-state index contributed by atoms with van der Waals surface area (Å²) in [6.45, 7) is 3.96. The molecule has 1 aliphatic heterocycles.